The number of hydrogen-bond acceptors (Lipinski definition) is 12. The Balaban J connectivity index is 0.00000480. The number of Topliss-reactive ketones (excluding diaryl/α,β-unsaturated/α-hetero) is 1. The Morgan fingerprint density at radius 1 is 1.13 bits per heavy atom. The highest BCUT2D eigenvalue weighted by atomic mass is 35.5. The second-order valence-corrected chi connectivity index (χ2v) is 11.4. The Morgan fingerprint density at radius 2 is 1.80 bits per heavy atom. The number of ketones is 3. The summed E-state index contributed by atoms with van der Waals surface area (Å²) in [6, 6.07) is 3.47. The highest BCUT2D eigenvalue weighted by Crippen LogP contribution is 2.52. The normalized spacial score (nSPS) is 26.5. The van der Waals surface area contributed by atoms with Gasteiger partial charge in [0.05, 0.1) is 42.0 Å². The van der Waals surface area contributed by atoms with E-state index in [1.165, 1.54) is 32.2 Å². The molecule has 2 aromatic rings. The first-order valence-electron chi connectivity index (χ1n) is 14.1. The number of aromatic hydroxyl groups is 2. The van der Waals surface area contributed by atoms with Crippen LogP contribution in [0.15, 0.2) is 23.2 Å². The van der Waals surface area contributed by atoms with Crippen molar-refractivity contribution >= 4 is 41.6 Å². The number of methoxy groups -OCH3 is 1. The maximum atomic E-state index is 13.8. The van der Waals surface area contributed by atoms with Crippen LogP contribution in [0.2, 0.25) is 0 Å². The molecule has 1 heterocycles. The van der Waals surface area contributed by atoms with Crippen molar-refractivity contribution in [2.75, 3.05) is 13.7 Å². The molecular weight excluding hydrogens is 628 g/mol. The zero-order valence-corrected chi connectivity index (χ0v) is 25.9. The number of ether oxygens (including phenoxy) is 3. The van der Waals surface area contributed by atoms with Gasteiger partial charge >= 0.3 is 0 Å². The molecule has 0 radical (unpaired) electrons. The molecule has 46 heavy (non-hydrogen) atoms. The minimum Gasteiger partial charge on any atom is -0.507 e. The number of guanidine groups is 1. The van der Waals surface area contributed by atoms with Gasteiger partial charge in [-0.1, -0.05) is 12.1 Å². The van der Waals surface area contributed by atoms with Gasteiger partial charge in [-0.25, -0.2) is 4.99 Å². The Morgan fingerprint density at radius 3 is 2.43 bits per heavy atom. The number of halogens is 1. The van der Waals surface area contributed by atoms with Crippen LogP contribution in [-0.2, 0) is 25.5 Å². The average molecular weight is 663 g/mol. The molecule has 16 heteroatoms. The van der Waals surface area contributed by atoms with Gasteiger partial charge in [-0.3, -0.25) is 19.2 Å². The number of phenols is 2. The number of nitrogens with zero attached hydrogens (tertiary/aromatic N) is 1. The van der Waals surface area contributed by atoms with Crippen LogP contribution in [0.4, 0.5) is 0 Å². The molecular formula is C30H35ClN4O11. The maximum absolute atomic E-state index is 13.8. The fourth-order valence-corrected chi connectivity index (χ4v) is 6.18. The molecule has 1 saturated heterocycles. The second kappa shape index (κ2) is 12.8. The lowest BCUT2D eigenvalue weighted by molar-refractivity contribution is -0.249. The van der Waals surface area contributed by atoms with E-state index < -0.39 is 102 Å². The number of amides is 1. The molecule has 2 aromatic carbocycles. The fourth-order valence-electron chi connectivity index (χ4n) is 6.18. The highest BCUT2D eigenvalue weighted by Gasteiger charge is 2.49. The van der Waals surface area contributed by atoms with E-state index in [2.05, 4.69) is 10.3 Å². The predicted molar refractivity (Wildman–Crippen MR) is 162 cm³/mol. The van der Waals surface area contributed by atoms with Crippen LogP contribution in [0.5, 0.6) is 17.2 Å². The van der Waals surface area contributed by atoms with E-state index in [1.807, 2.05) is 0 Å². The summed E-state index contributed by atoms with van der Waals surface area (Å²) in [7, 11) is 1.32. The summed E-state index contributed by atoms with van der Waals surface area (Å²) in [6.45, 7) is 2.28. The molecule has 3 aliphatic rings. The van der Waals surface area contributed by atoms with Crippen molar-refractivity contribution in [3.63, 3.8) is 0 Å². The SMILES string of the molecule is COc1cccc2c1C(=O)c1c(O)c3c(c(O)c1C2=O)CC(O)(C(C)=O)CC3OC1CC(NC(=O)CN=C(N)N)C(O)C(C)O1.Cl. The number of phenolic OH excluding ortho intramolecular Hbond substituents is 2. The molecule has 15 nitrogen and oxygen atoms in total. The number of hydrogen-bond donors (Lipinski definition) is 7. The third-order valence-electron chi connectivity index (χ3n) is 8.50. The van der Waals surface area contributed by atoms with Gasteiger partial charge in [0.1, 0.15) is 35.5 Å². The summed E-state index contributed by atoms with van der Waals surface area (Å²) >= 11 is 0. The third-order valence-corrected chi connectivity index (χ3v) is 8.50. The zero-order chi connectivity index (χ0) is 33.0. The van der Waals surface area contributed by atoms with Crippen LogP contribution in [-0.4, -0.2) is 93.4 Å². The van der Waals surface area contributed by atoms with Crippen molar-refractivity contribution in [1.82, 2.24) is 5.32 Å². The topological polar surface area (TPSA) is 253 Å². The zero-order valence-electron chi connectivity index (χ0n) is 25.1. The van der Waals surface area contributed by atoms with Crippen molar-refractivity contribution in [3.05, 3.63) is 51.6 Å². The number of aliphatic hydroxyl groups is 2. The molecule has 248 valence electrons. The van der Waals surface area contributed by atoms with E-state index in [-0.39, 0.29) is 52.8 Å². The van der Waals surface area contributed by atoms with E-state index >= 15 is 0 Å². The monoisotopic (exact) mass is 662 g/mol. The first kappa shape index (κ1) is 34.6. The fraction of sp³-hybridized carbons (Fsp3) is 0.433. The molecule has 1 amide bonds. The standard InChI is InChI=1S/C30H34N4O11.ClH/c1-11-24(37)15(34-18(36)10-33-29(31)32)7-19(44-11)45-17-9-30(42,12(2)35)8-14-21(17)28(41)23-22(26(14)39)25(38)13-5-4-6-16(43-3)20(13)27(23)40;/h4-6,11,15,17,19,24,37,39,41-42H,7-10H2,1-3H3,(H,34,36)(H4,31,32,33);1H. The summed E-state index contributed by atoms with van der Waals surface area (Å²) in [5.74, 6) is -4.38. The van der Waals surface area contributed by atoms with Gasteiger partial charge in [-0.05, 0) is 19.9 Å². The van der Waals surface area contributed by atoms with Crippen LogP contribution in [0.1, 0.15) is 75.8 Å². The Bertz CT molecular complexity index is 1640. The van der Waals surface area contributed by atoms with Gasteiger partial charge < -0.3 is 51.4 Å². The first-order chi connectivity index (χ1) is 21.2. The first-order valence-corrected chi connectivity index (χ1v) is 14.1. The number of carbonyl (C=O) groups is 4. The van der Waals surface area contributed by atoms with Gasteiger partial charge in [0.25, 0.3) is 0 Å². The van der Waals surface area contributed by atoms with Gasteiger partial charge in [0.15, 0.2) is 23.8 Å². The second-order valence-electron chi connectivity index (χ2n) is 11.4. The number of rotatable bonds is 7. The van der Waals surface area contributed by atoms with Crippen LogP contribution >= 0.6 is 12.4 Å². The molecule has 0 bridgehead atoms. The van der Waals surface area contributed by atoms with Gasteiger partial charge in [0, 0.05) is 36.0 Å². The molecule has 5 rings (SSSR count). The van der Waals surface area contributed by atoms with Crippen LogP contribution in [0, 0.1) is 0 Å². The van der Waals surface area contributed by atoms with E-state index in [9.17, 15) is 39.6 Å². The molecule has 6 atom stereocenters. The quantitative estimate of drug-likeness (QED) is 0.0991. The van der Waals surface area contributed by atoms with Gasteiger partial charge in [0.2, 0.25) is 11.7 Å². The van der Waals surface area contributed by atoms with E-state index in [4.69, 9.17) is 25.7 Å². The Kier molecular flexibility index (Phi) is 9.66. The van der Waals surface area contributed by atoms with Crippen LogP contribution in [0.25, 0.3) is 0 Å². The molecule has 1 aliphatic heterocycles. The van der Waals surface area contributed by atoms with Crippen LogP contribution in [0.3, 0.4) is 0 Å². The molecule has 0 aromatic heterocycles. The number of benzene rings is 2. The van der Waals surface area contributed by atoms with E-state index in [0.29, 0.717) is 0 Å². The smallest absolute Gasteiger partial charge is 0.242 e. The Hall–Kier alpha value is -4.28. The van der Waals surface area contributed by atoms with Crippen molar-refractivity contribution in [1.29, 1.82) is 0 Å². The van der Waals surface area contributed by atoms with Gasteiger partial charge in [-0.2, -0.15) is 0 Å². The number of fused-ring (bicyclic) bond motifs is 3. The Labute approximate surface area is 268 Å². The minimum atomic E-state index is -2.09. The molecule has 9 N–H and O–H groups in total. The molecule has 2 aliphatic carbocycles. The predicted octanol–water partition coefficient (Wildman–Crippen LogP) is -0.118. The van der Waals surface area contributed by atoms with E-state index in [1.54, 1.807) is 0 Å². The third kappa shape index (κ3) is 5.87. The number of carbonyl (C=O) groups excluding carboxylic acids is 4. The molecule has 6 unspecified atom stereocenters. The van der Waals surface area contributed by atoms with Crippen molar-refractivity contribution < 1.29 is 53.8 Å². The summed E-state index contributed by atoms with van der Waals surface area (Å²) in [5, 5.41) is 47.7. The summed E-state index contributed by atoms with van der Waals surface area (Å²) in [4.78, 5) is 56.1. The number of aliphatic imine (C=N–C) groups is 1. The molecule has 0 spiro atoms. The summed E-state index contributed by atoms with van der Waals surface area (Å²) in [6.07, 6.45) is -5.60. The molecule has 0 saturated carbocycles. The number of aliphatic hydroxyl groups excluding tert-OH is 1. The molecule has 1 fully saturated rings. The van der Waals surface area contributed by atoms with Crippen LogP contribution < -0.4 is 21.5 Å². The highest BCUT2D eigenvalue weighted by molar-refractivity contribution is 6.31. The number of nitrogens with two attached hydrogens (primary N) is 2. The lowest BCUT2D eigenvalue weighted by Gasteiger charge is -2.42. The number of nitrogens with one attached hydrogen (secondary N) is 1. The van der Waals surface area contributed by atoms with E-state index in [0.717, 1.165) is 6.92 Å². The largest absolute Gasteiger partial charge is 0.507 e. The van der Waals surface area contributed by atoms with Gasteiger partial charge in [-0.15, -0.1) is 12.4 Å². The lowest BCUT2D eigenvalue weighted by Crippen LogP contribution is -2.56. The summed E-state index contributed by atoms with van der Waals surface area (Å²) in [5.41, 5.74) is 7.09. The van der Waals surface area contributed by atoms with Crippen molar-refractivity contribution in [3.8, 4) is 17.2 Å². The van der Waals surface area contributed by atoms with Crippen molar-refractivity contribution in [2.45, 2.75) is 69.4 Å². The average Bonchev–Trinajstić information content (AvgIpc) is 2.98. The van der Waals surface area contributed by atoms with Crippen molar-refractivity contribution in [2.24, 2.45) is 16.5 Å². The maximum Gasteiger partial charge on any atom is 0.242 e. The summed E-state index contributed by atoms with van der Waals surface area (Å²) < 4.78 is 17.3. The lowest BCUT2D eigenvalue weighted by atomic mass is 9.72. The minimum absolute atomic E-state index is 0.